The number of aromatic nitrogens is 2. The zero-order valence-electron chi connectivity index (χ0n) is 18.1. The molecule has 0 fully saturated rings. The van der Waals surface area contributed by atoms with Gasteiger partial charge in [0, 0.05) is 47.7 Å². The second kappa shape index (κ2) is 7.61. The van der Waals surface area contributed by atoms with Crippen LogP contribution in [0.1, 0.15) is 42.5 Å². The summed E-state index contributed by atoms with van der Waals surface area (Å²) in [6.07, 6.45) is 0.186. The molecule has 0 unspecified atom stereocenters. The molecule has 2 amide bonds. The van der Waals surface area contributed by atoms with E-state index in [1.807, 2.05) is 26.8 Å². The van der Waals surface area contributed by atoms with Gasteiger partial charge < -0.3 is 20.1 Å². The molecule has 0 saturated heterocycles. The van der Waals surface area contributed by atoms with Crippen LogP contribution < -0.4 is 5.32 Å². The normalized spacial score (nSPS) is 13.7. The number of anilines is 1. The Hall–Kier alpha value is -3.55. The van der Waals surface area contributed by atoms with Crippen LogP contribution in [-0.4, -0.2) is 43.9 Å². The fourth-order valence-electron chi connectivity index (χ4n) is 3.84. The number of phenolic OH excluding ortho intramolecular Hbond substituents is 1. The van der Waals surface area contributed by atoms with Gasteiger partial charge in [-0.2, -0.15) is 5.10 Å². The number of hydrogen-bond donors (Lipinski definition) is 2. The molecule has 31 heavy (non-hydrogen) atoms. The van der Waals surface area contributed by atoms with Crippen LogP contribution in [0.5, 0.6) is 5.75 Å². The zero-order valence-corrected chi connectivity index (χ0v) is 18.1. The number of aromatic hydroxyl groups is 1. The van der Waals surface area contributed by atoms with Crippen LogP contribution in [0.15, 0.2) is 36.4 Å². The predicted molar refractivity (Wildman–Crippen MR) is 117 cm³/mol. The van der Waals surface area contributed by atoms with Crippen LogP contribution in [0.2, 0.25) is 0 Å². The standard InChI is InChI=1S/C23H26N4O4/c1-23(2,3)31-22(30)27-12-11-18-16(13-27)20(25-26(18)4)21(29)24-17-9-5-8-15-14(17)7-6-10-19(15)28/h5-10,28H,11-13H2,1-4H3,(H,24,29). The van der Waals surface area contributed by atoms with E-state index in [0.717, 1.165) is 16.6 Å². The van der Waals surface area contributed by atoms with E-state index in [4.69, 9.17) is 4.74 Å². The molecule has 2 N–H and O–H groups in total. The second-order valence-corrected chi connectivity index (χ2v) is 8.68. The Morgan fingerprint density at radius 1 is 1.13 bits per heavy atom. The Bertz CT molecular complexity index is 1180. The SMILES string of the molecule is Cn1nc(C(=O)Nc2cccc3c(O)cccc23)c2c1CCN(C(=O)OC(C)(C)C)C2. The molecule has 8 heteroatoms. The average molecular weight is 422 g/mol. The van der Waals surface area contributed by atoms with Crippen LogP contribution in [-0.2, 0) is 24.8 Å². The molecule has 1 aromatic heterocycles. The molecule has 0 saturated carbocycles. The van der Waals surface area contributed by atoms with Crippen molar-refractivity contribution in [3.8, 4) is 5.75 Å². The number of carbonyl (C=O) groups excluding carboxylic acids is 2. The summed E-state index contributed by atoms with van der Waals surface area (Å²) in [5.74, 6) is -0.212. The molecular formula is C23H26N4O4. The molecule has 8 nitrogen and oxygen atoms in total. The summed E-state index contributed by atoms with van der Waals surface area (Å²) in [7, 11) is 1.80. The van der Waals surface area contributed by atoms with Gasteiger partial charge in [-0.05, 0) is 32.9 Å². The number of ether oxygens (including phenoxy) is 1. The number of hydrogen-bond acceptors (Lipinski definition) is 5. The molecule has 0 bridgehead atoms. The molecule has 1 aliphatic heterocycles. The molecule has 3 aromatic rings. The molecule has 0 aliphatic carbocycles. The number of benzene rings is 2. The lowest BCUT2D eigenvalue weighted by Crippen LogP contribution is -2.40. The Morgan fingerprint density at radius 2 is 1.84 bits per heavy atom. The average Bonchev–Trinajstić information content (AvgIpc) is 3.04. The Balaban J connectivity index is 1.62. The van der Waals surface area contributed by atoms with Crippen molar-refractivity contribution in [2.45, 2.75) is 39.3 Å². The number of rotatable bonds is 2. The summed E-state index contributed by atoms with van der Waals surface area (Å²) in [5.41, 5.74) is 1.92. The number of nitrogens with zero attached hydrogens (tertiary/aromatic N) is 3. The largest absolute Gasteiger partial charge is 0.507 e. The topological polar surface area (TPSA) is 96.7 Å². The van der Waals surface area contributed by atoms with E-state index in [0.29, 0.717) is 24.0 Å². The van der Waals surface area contributed by atoms with Gasteiger partial charge in [0.2, 0.25) is 0 Å². The molecule has 2 heterocycles. The summed E-state index contributed by atoms with van der Waals surface area (Å²) in [6, 6.07) is 10.5. The van der Waals surface area contributed by atoms with Crippen LogP contribution in [0.25, 0.3) is 10.8 Å². The highest BCUT2D eigenvalue weighted by Gasteiger charge is 2.31. The van der Waals surface area contributed by atoms with Crippen LogP contribution in [0.4, 0.5) is 10.5 Å². The van der Waals surface area contributed by atoms with Crippen molar-refractivity contribution in [3.63, 3.8) is 0 Å². The summed E-state index contributed by atoms with van der Waals surface area (Å²) >= 11 is 0. The molecular weight excluding hydrogens is 396 g/mol. The van der Waals surface area contributed by atoms with Crippen molar-refractivity contribution in [1.29, 1.82) is 0 Å². The predicted octanol–water partition coefficient (Wildman–Crippen LogP) is 3.82. The van der Waals surface area contributed by atoms with Gasteiger partial charge in [-0.25, -0.2) is 4.79 Å². The van der Waals surface area contributed by atoms with E-state index in [9.17, 15) is 14.7 Å². The van der Waals surface area contributed by atoms with E-state index in [2.05, 4.69) is 10.4 Å². The number of amides is 2. The minimum Gasteiger partial charge on any atom is -0.507 e. The van der Waals surface area contributed by atoms with Gasteiger partial charge in [0.05, 0.1) is 6.54 Å². The monoisotopic (exact) mass is 422 g/mol. The maximum atomic E-state index is 13.1. The summed E-state index contributed by atoms with van der Waals surface area (Å²) in [4.78, 5) is 27.3. The lowest BCUT2D eigenvalue weighted by molar-refractivity contribution is 0.0222. The molecule has 0 atom stereocenters. The van der Waals surface area contributed by atoms with Crippen molar-refractivity contribution in [1.82, 2.24) is 14.7 Å². The lowest BCUT2D eigenvalue weighted by Gasteiger charge is -2.30. The highest BCUT2D eigenvalue weighted by atomic mass is 16.6. The van der Waals surface area contributed by atoms with Crippen molar-refractivity contribution < 1.29 is 19.4 Å². The van der Waals surface area contributed by atoms with E-state index >= 15 is 0 Å². The molecule has 4 rings (SSSR count). The van der Waals surface area contributed by atoms with Gasteiger partial charge in [-0.1, -0.05) is 24.3 Å². The number of nitrogens with one attached hydrogen (secondary N) is 1. The van der Waals surface area contributed by atoms with E-state index in [1.54, 1.807) is 47.0 Å². The van der Waals surface area contributed by atoms with Gasteiger partial charge in [-0.3, -0.25) is 9.48 Å². The third kappa shape index (κ3) is 4.05. The highest BCUT2D eigenvalue weighted by molar-refractivity contribution is 6.09. The molecule has 0 spiro atoms. The molecule has 2 aromatic carbocycles. The smallest absolute Gasteiger partial charge is 0.410 e. The molecule has 1 aliphatic rings. The van der Waals surface area contributed by atoms with Gasteiger partial charge in [0.1, 0.15) is 11.4 Å². The zero-order chi connectivity index (χ0) is 22.3. The summed E-state index contributed by atoms with van der Waals surface area (Å²) in [6.45, 7) is 6.24. The Morgan fingerprint density at radius 3 is 2.58 bits per heavy atom. The number of aryl methyl sites for hydroxylation is 1. The number of carbonyl (C=O) groups is 2. The first-order valence-corrected chi connectivity index (χ1v) is 10.2. The quantitative estimate of drug-likeness (QED) is 0.654. The first kappa shape index (κ1) is 20.7. The minimum absolute atomic E-state index is 0.150. The maximum Gasteiger partial charge on any atom is 0.410 e. The molecule has 0 radical (unpaired) electrons. The minimum atomic E-state index is -0.591. The van der Waals surface area contributed by atoms with Gasteiger partial charge in [0.15, 0.2) is 5.69 Å². The van der Waals surface area contributed by atoms with E-state index in [1.165, 1.54) is 0 Å². The van der Waals surface area contributed by atoms with Gasteiger partial charge >= 0.3 is 6.09 Å². The third-order valence-electron chi connectivity index (χ3n) is 5.26. The first-order chi connectivity index (χ1) is 14.6. The van der Waals surface area contributed by atoms with Gasteiger partial charge in [0.25, 0.3) is 5.91 Å². The first-order valence-electron chi connectivity index (χ1n) is 10.2. The third-order valence-corrected chi connectivity index (χ3v) is 5.26. The Labute approximate surface area is 180 Å². The van der Waals surface area contributed by atoms with Crippen molar-refractivity contribution >= 4 is 28.5 Å². The lowest BCUT2D eigenvalue weighted by atomic mass is 10.0. The van der Waals surface area contributed by atoms with Crippen molar-refractivity contribution in [3.05, 3.63) is 53.3 Å². The maximum absolute atomic E-state index is 13.1. The molecule has 162 valence electrons. The second-order valence-electron chi connectivity index (χ2n) is 8.68. The Kier molecular flexibility index (Phi) is 5.08. The fourth-order valence-corrected chi connectivity index (χ4v) is 3.84. The van der Waals surface area contributed by atoms with Crippen molar-refractivity contribution in [2.24, 2.45) is 7.05 Å². The summed E-state index contributed by atoms with van der Waals surface area (Å²) < 4.78 is 7.19. The van der Waals surface area contributed by atoms with Crippen LogP contribution in [0, 0.1) is 0 Å². The summed E-state index contributed by atoms with van der Waals surface area (Å²) in [5, 5.41) is 18.8. The van der Waals surface area contributed by atoms with Crippen molar-refractivity contribution in [2.75, 3.05) is 11.9 Å². The van der Waals surface area contributed by atoms with E-state index in [-0.39, 0.29) is 23.9 Å². The van der Waals surface area contributed by atoms with E-state index < -0.39 is 11.7 Å². The van der Waals surface area contributed by atoms with Crippen LogP contribution in [0.3, 0.4) is 0 Å². The fraction of sp³-hybridized carbons (Fsp3) is 0.348. The van der Waals surface area contributed by atoms with Gasteiger partial charge in [-0.15, -0.1) is 0 Å². The number of phenols is 1. The van der Waals surface area contributed by atoms with Crippen LogP contribution >= 0.6 is 0 Å². The number of fused-ring (bicyclic) bond motifs is 2. The highest BCUT2D eigenvalue weighted by Crippen LogP contribution is 2.31.